The van der Waals surface area contributed by atoms with E-state index >= 15 is 0 Å². The lowest BCUT2D eigenvalue weighted by molar-refractivity contribution is -0.121. The summed E-state index contributed by atoms with van der Waals surface area (Å²) >= 11 is 0. The summed E-state index contributed by atoms with van der Waals surface area (Å²) in [4.78, 5) is 20.6. The van der Waals surface area contributed by atoms with Crippen LogP contribution < -0.4 is 14.8 Å². The maximum Gasteiger partial charge on any atom is 0.263 e. The minimum absolute atomic E-state index is 0.0532. The second kappa shape index (κ2) is 13.7. The number of nitrogens with one attached hydrogen (secondary N) is 1. The number of amides is 1. The molecule has 1 aliphatic rings. The van der Waals surface area contributed by atoms with Gasteiger partial charge in [0.2, 0.25) is 11.8 Å². The molecule has 0 spiro atoms. The first-order valence-corrected chi connectivity index (χ1v) is 13.1. The Morgan fingerprint density at radius 2 is 2.05 bits per heavy atom. The fraction of sp³-hybridized carbons (Fsp3) is 0.500. The monoisotopic (exact) mass is 508 g/mol. The van der Waals surface area contributed by atoms with Crippen molar-refractivity contribution in [2.24, 2.45) is 5.92 Å². The Morgan fingerprint density at radius 1 is 1.19 bits per heavy atom. The molecule has 1 fully saturated rings. The van der Waals surface area contributed by atoms with E-state index in [2.05, 4.69) is 26.5 Å². The van der Waals surface area contributed by atoms with Gasteiger partial charge in [0.1, 0.15) is 11.3 Å². The Kier molecular flexibility index (Phi) is 9.88. The zero-order valence-electron chi connectivity index (χ0n) is 21.4. The van der Waals surface area contributed by atoms with Crippen LogP contribution in [0.4, 0.5) is 0 Å². The van der Waals surface area contributed by atoms with Gasteiger partial charge in [-0.3, -0.25) is 4.79 Å². The number of hydrogen-bond acceptors (Lipinski definition) is 8. The van der Waals surface area contributed by atoms with Crippen molar-refractivity contribution in [1.29, 1.82) is 0 Å². The summed E-state index contributed by atoms with van der Waals surface area (Å²) < 4.78 is 17.4. The highest BCUT2D eigenvalue weighted by Gasteiger charge is 2.19. The molecule has 9 nitrogen and oxygen atoms in total. The van der Waals surface area contributed by atoms with Gasteiger partial charge in [0.05, 0.1) is 19.8 Å². The molecule has 198 valence electrons. The van der Waals surface area contributed by atoms with Crippen molar-refractivity contribution < 1.29 is 23.9 Å². The molecule has 0 saturated heterocycles. The van der Waals surface area contributed by atoms with Crippen LogP contribution in [0.15, 0.2) is 41.1 Å². The second-order valence-electron chi connectivity index (χ2n) is 9.46. The normalized spacial score (nSPS) is 13.6. The van der Waals surface area contributed by atoms with Crippen LogP contribution in [-0.4, -0.2) is 52.5 Å². The van der Waals surface area contributed by atoms with Crippen molar-refractivity contribution in [3.8, 4) is 23.1 Å². The molecule has 1 saturated carbocycles. The van der Waals surface area contributed by atoms with E-state index in [-0.39, 0.29) is 19.1 Å². The molecule has 4 rings (SSSR count). The highest BCUT2D eigenvalue weighted by molar-refractivity contribution is 5.75. The molecule has 1 amide bonds. The summed E-state index contributed by atoms with van der Waals surface area (Å²) in [5.41, 5.74) is 2.92. The van der Waals surface area contributed by atoms with Gasteiger partial charge < -0.3 is 24.4 Å². The first kappa shape index (κ1) is 26.6. The Balaban J connectivity index is 1.26. The minimum Gasteiger partial charge on any atom is -0.493 e. The van der Waals surface area contributed by atoms with E-state index in [0.717, 1.165) is 28.9 Å². The SMILES string of the molecule is Cc1cc(CCc2noc(-c3cccnc3OCC3CCCC3)n2)ccc1OCCCC(=O)NCCO. The van der Waals surface area contributed by atoms with Gasteiger partial charge in [-0.15, -0.1) is 0 Å². The topological polar surface area (TPSA) is 120 Å². The lowest BCUT2D eigenvalue weighted by atomic mass is 10.1. The van der Waals surface area contributed by atoms with Crippen LogP contribution in [0, 0.1) is 12.8 Å². The lowest BCUT2D eigenvalue weighted by Crippen LogP contribution is -2.26. The van der Waals surface area contributed by atoms with Crippen LogP contribution in [0.2, 0.25) is 0 Å². The molecule has 0 radical (unpaired) electrons. The molecule has 0 atom stereocenters. The first-order valence-electron chi connectivity index (χ1n) is 13.1. The number of benzene rings is 1. The molecule has 0 unspecified atom stereocenters. The van der Waals surface area contributed by atoms with Crippen molar-refractivity contribution in [3.05, 3.63) is 53.5 Å². The van der Waals surface area contributed by atoms with Crippen LogP contribution in [0.5, 0.6) is 11.6 Å². The molecule has 0 aliphatic heterocycles. The molecule has 0 bridgehead atoms. The molecule has 3 aromatic rings. The molecule has 2 heterocycles. The van der Waals surface area contributed by atoms with Crippen molar-refractivity contribution in [2.45, 2.75) is 58.3 Å². The van der Waals surface area contributed by atoms with Gasteiger partial charge in [0.15, 0.2) is 5.82 Å². The Labute approximate surface area is 217 Å². The third-order valence-corrected chi connectivity index (χ3v) is 6.52. The summed E-state index contributed by atoms with van der Waals surface area (Å²) in [5.74, 6) is 2.93. The van der Waals surface area contributed by atoms with Gasteiger partial charge in [-0.1, -0.05) is 30.1 Å². The van der Waals surface area contributed by atoms with E-state index in [0.29, 0.717) is 56.0 Å². The third kappa shape index (κ3) is 8.01. The zero-order valence-corrected chi connectivity index (χ0v) is 21.4. The molecule has 1 aliphatic carbocycles. The van der Waals surface area contributed by atoms with E-state index in [1.165, 1.54) is 25.7 Å². The molecule has 9 heteroatoms. The molecular formula is C28H36N4O5. The van der Waals surface area contributed by atoms with Crippen molar-refractivity contribution in [3.63, 3.8) is 0 Å². The van der Waals surface area contributed by atoms with Gasteiger partial charge in [0, 0.05) is 25.6 Å². The largest absolute Gasteiger partial charge is 0.493 e. The summed E-state index contributed by atoms with van der Waals surface area (Å²) in [5, 5.41) is 15.5. The van der Waals surface area contributed by atoms with Crippen LogP contribution in [0.25, 0.3) is 11.5 Å². The highest BCUT2D eigenvalue weighted by atomic mass is 16.5. The van der Waals surface area contributed by atoms with Crippen molar-refractivity contribution in [2.75, 3.05) is 26.4 Å². The van der Waals surface area contributed by atoms with E-state index in [4.69, 9.17) is 19.1 Å². The van der Waals surface area contributed by atoms with Crippen molar-refractivity contribution >= 4 is 5.91 Å². The third-order valence-electron chi connectivity index (χ3n) is 6.52. The van der Waals surface area contributed by atoms with E-state index in [9.17, 15) is 4.79 Å². The first-order chi connectivity index (χ1) is 18.1. The lowest BCUT2D eigenvalue weighted by Gasteiger charge is -2.11. The fourth-order valence-corrected chi connectivity index (χ4v) is 4.49. The average molecular weight is 509 g/mol. The summed E-state index contributed by atoms with van der Waals surface area (Å²) in [6.07, 6.45) is 9.09. The summed E-state index contributed by atoms with van der Waals surface area (Å²) in [6.45, 7) is 3.37. The molecular weight excluding hydrogens is 472 g/mol. The summed E-state index contributed by atoms with van der Waals surface area (Å²) in [7, 11) is 0. The van der Waals surface area contributed by atoms with Gasteiger partial charge in [0.25, 0.3) is 5.89 Å². The quantitative estimate of drug-likeness (QED) is 0.313. The fourth-order valence-electron chi connectivity index (χ4n) is 4.49. The number of rotatable bonds is 14. The second-order valence-corrected chi connectivity index (χ2v) is 9.46. The molecule has 1 aromatic carbocycles. The Bertz CT molecular complexity index is 1140. The predicted molar refractivity (Wildman–Crippen MR) is 138 cm³/mol. The van der Waals surface area contributed by atoms with Crippen molar-refractivity contribution in [1.82, 2.24) is 20.4 Å². The van der Waals surface area contributed by atoms with Gasteiger partial charge in [-0.25, -0.2) is 4.98 Å². The van der Waals surface area contributed by atoms with Gasteiger partial charge >= 0.3 is 0 Å². The van der Waals surface area contributed by atoms with Crippen LogP contribution in [0.3, 0.4) is 0 Å². The number of hydrogen-bond donors (Lipinski definition) is 2. The van der Waals surface area contributed by atoms with Crippen LogP contribution >= 0.6 is 0 Å². The number of nitrogens with zero attached hydrogens (tertiary/aromatic N) is 3. The standard InChI is InChI=1S/C28H36N4O5/c1-20-18-21(10-12-24(20)35-17-5-9-26(34)29-15-16-33)11-13-25-31-28(37-32-25)23-8-4-14-30-27(23)36-19-22-6-2-3-7-22/h4,8,10,12,14,18,22,33H,2-3,5-7,9,11,13,15-17,19H2,1H3,(H,29,34). The Morgan fingerprint density at radius 3 is 2.86 bits per heavy atom. The maximum atomic E-state index is 11.6. The van der Waals surface area contributed by atoms with Gasteiger partial charge in [-0.2, -0.15) is 4.98 Å². The average Bonchev–Trinajstić information content (AvgIpc) is 3.61. The predicted octanol–water partition coefficient (Wildman–Crippen LogP) is 4.06. The van der Waals surface area contributed by atoms with Crippen LogP contribution in [-0.2, 0) is 17.6 Å². The minimum atomic E-state index is -0.0781. The number of aliphatic hydroxyl groups excluding tert-OH is 1. The van der Waals surface area contributed by atoms with E-state index in [1.54, 1.807) is 6.20 Å². The number of carbonyl (C=O) groups excluding carboxylic acids is 1. The molecule has 37 heavy (non-hydrogen) atoms. The number of ether oxygens (including phenoxy) is 2. The zero-order chi connectivity index (χ0) is 25.9. The number of aryl methyl sites for hydroxylation is 3. The van der Waals surface area contributed by atoms with Gasteiger partial charge in [-0.05, 0) is 67.9 Å². The molecule has 2 aromatic heterocycles. The van der Waals surface area contributed by atoms with Crippen LogP contribution in [0.1, 0.15) is 55.5 Å². The van der Waals surface area contributed by atoms with E-state index < -0.39 is 0 Å². The Hall–Kier alpha value is -3.46. The molecule has 2 N–H and O–H groups in total. The maximum absolute atomic E-state index is 11.6. The number of aromatic nitrogens is 3. The number of carbonyl (C=O) groups is 1. The summed E-state index contributed by atoms with van der Waals surface area (Å²) in [6, 6.07) is 9.84. The van der Waals surface area contributed by atoms with E-state index in [1.807, 2.05) is 31.2 Å². The number of aliphatic hydroxyl groups is 1. The smallest absolute Gasteiger partial charge is 0.263 e. The highest BCUT2D eigenvalue weighted by Crippen LogP contribution is 2.30. The number of pyridine rings is 1.